The van der Waals surface area contributed by atoms with Gasteiger partial charge in [-0.1, -0.05) is 12.1 Å². The first-order chi connectivity index (χ1) is 14.1. The lowest BCUT2D eigenvalue weighted by Gasteiger charge is -2.31. The number of carbonyl (C=O) groups excluding carboxylic acids is 4. The van der Waals surface area contributed by atoms with Gasteiger partial charge >= 0.3 is 6.03 Å². The number of carboxylic acid groups (broad SMARTS) is 1. The van der Waals surface area contributed by atoms with Crippen LogP contribution >= 0.6 is 0 Å². The highest BCUT2D eigenvalue weighted by Crippen LogP contribution is 2.20. The van der Waals surface area contributed by atoms with Crippen molar-refractivity contribution in [3.63, 3.8) is 0 Å². The minimum Gasteiger partial charge on any atom is -0.550 e. The fourth-order valence-corrected chi connectivity index (χ4v) is 2.79. The van der Waals surface area contributed by atoms with E-state index < -0.39 is 60.3 Å². The van der Waals surface area contributed by atoms with Crippen molar-refractivity contribution in [1.82, 2.24) is 10.6 Å². The molecule has 0 heterocycles. The summed E-state index contributed by atoms with van der Waals surface area (Å²) < 4.78 is 13.2. The normalized spacial score (nSPS) is 21.7. The third kappa shape index (κ3) is 6.25. The van der Waals surface area contributed by atoms with Crippen LogP contribution in [0, 0.1) is 5.82 Å². The Morgan fingerprint density at radius 2 is 1.97 bits per heavy atom. The summed E-state index contributed by atoms with van der Waals surface area (Å²) in [5, 5.41) is 37.5. The number of amides is 4. The van der Waals surface area contributed by atoms with Crippen LogP contribution < -0.4 is 26.8 Å². The minimum absolute atomic E-state index is 0.117. The Balaban J connectivity index is 2.10. The van der Waals surface area contributed by atoms with Crippen molar-refractivity contribution in [3.05, 3.63) is 41.7 Å². The molecule has 0 radical (unpaired) electrons. The van der Waals surface area contributed by atoms with Gasteiger partial charge in [0, 0.05) is 30.1 Å². The fraction of sp³-hybridized carbons (Fsp3) is 0.333. The van der Waals surface area contributed by atoms with E-state index in [-0.39, 0.29) is 17.7 Å². The molecule has 0 spiro atoms. The van der Waals surface area contributed by atoms with E-state index in [4.69, 9.17) is 5.73 Å². The first kappa shape index (κ1) is 22.8. The molecule has 1 aromatic rings. The lowest BCUT2D eigenvalue weighted by molar-refractivity contribution is -0.306. The number of primary amides is 1. The molecule has 0 saturated heterocycles. The van der Waals surface area contributed by atoms with Crippen LogP contribution in [0.4, 0.5) is 14.9 Å². The standard InChI is InChI=1S/C18H21FN4O7/c19-9-2-1-3-10(6-9)21-18(30)23-11-4-8(5-13(24)15(11)27)17(29)22-12(16(20)28)7-14(25)26/h1-4,6,11-13,15,24,27H,5,7H2,(H2,20,28)(H,22,29)(H,25,26)(H2,21,23,30)/p-1/t11-,12-,13-,15-/m1/s1. The number of aliphatic hydroxyl groups excluding tert-OH is 2. The molecule has 0 unspecified atom stereocenters. The van der Waals surface area contributed by atoms with E-state index in [0.717, 1.165) is 12.1 Å². The largest absolute Gasteiger partial charge is 0.550 e. The number of benzene rings is 1. The summed E-state index contributed by atoms with van der Waals surface area (Å²) in [6, 6.07) is 1.42. The molecule has 162 valence electrons. The third-order valence-corrected chi connectivity index (χ3v) is 4.26. The molecule has 1 aliphatic rings. The Bertz CT molecular complexity index is 876. The first-order valence-corrected chi connectivity index (χ1v) is 8.76. The first-order valence-electron chi connectivity index (χ1n) is 8.76. The van der Waals surface area contributed by atoms with E-state index in [1.54, 1.807) is 0 Å². The van der Waals surface area contributed by atoms with Crippen molar-refractivity contribution in [1.29, 1.82) is 0 Å². The lowest BCUT2D eigenvalue weighted by Crippen LogP contribution is -2.53. The van der Waals surface area contributed by atoms with Gasteiger partial charge in [-0.3, -0.25) is 9.59 Å². The molecule has 0 aliphatic heterocycles. The van der Waals surface area contributed by atoms with Gasteiger partial charge in [0.25, 0.3) is 0 Å². The van der Waals surface area contributed by atoms with Crippen LogP contribution in [0.5, 0.6) is 0 Å². The summed E-state index contributed by atoms with van der Waals surface area (Å²) in [6.07, 6.45) is -2.93. The number of halogens is 1. The van der Waals surface area contributed by atoms with Gasteiger partial charge in [-0.05, 0) is 18.2 Å². The number of aliphatic hydroxyl groups is 2. The van der Waals surface area contributed by atoms with Gasteiger partial charge in [0.05, 0.1) is 12.1 Å². The topological polar surface area (TPSA) is 194 Å². The van der Waals surface area contributed by atoms with Crippen molar-refractivity contribution < 1.29 is 38.9 Å². The number of hydrogen-bond donors (Lipinski definition) is 6. The van der Waals surface area contributed by atoms with E-state index in [1.165, 1.54) is 18.2 Å². The molecular weight excluding hydrogens is 403 g/mol. The maximum atomic E-state index is 13.2. The van der Waals surface area contributed by atoms with E-state index in [9.17, 15) is 38.9 Å². The molecule has 30 heavy (non-hydrogen) atoms. The summed E-state index contributed by atoms with van der Waals surface area (Å²) in [6.45, 7) is 0. The number of nitrogens with two attached hydrogens (primary N) is 1. The van der Waals surface area contributed by atoms with Crippen LogP contribution in [-0.4, -0.2) is 58.3 Å². The number of carbonyl (C=O) groups is 4. The molecule has 4 atom stereocenters. The smallest absolute Gasteiger partial charge is 0.319 e. The van der Waals surface area contributed by atoms with Gasteiger partial charge in [0.15, 0.2) is 0 Å². The molecule has 7 N–H and O–H groups in total. The zero-order chi connectivity index (χ0) is 22.4. The van der Waals surface area contributed by atoms with Crippen molar-refractivity contribution in [2.24, 2.45) is 5.73 Å². The van der Waals surface area contributed by atoms with Gasteiger partial charge in [-0.25, -0.2) is 9.18 Å². The number of rotatable bonds is 7. The zero-order valence-electron chi connectivity index (χ0n) is 15.5. The number of nitrogens with one attached hydrogen (secondary N) is 3. The molecule has 1 aliphatic carbocycles. The fourth-order valence-electron chi connectivity index (χ4n) is 2.79. The van der Waals surface area contributed by atoms with Crippen LogP contribution in [-0.2, 0) is 14.4 Å². The molecular formula is C18H20FN4O7-. The van der Waals surface area contributed by atoms with E-state index in [1.807, 2.05) is 0 Å². The van der Waals surface area contributed by atoms with E-state index >= 15 is 0 Å². The Hall–Kier alpha value is -3.51. The van der Waals surface area contributed by atoms with Crippen LogP contribution in [0.1, 0.15) is 12.8 Å². The second-order valence-electron chi connectivity index (χ2n) is 6.59. The molecule has 2 rings (SSSR count). The molecule has 0 saturated carbocycles. The summed E-state index contributed by atoms with van der Waals surface area (Å²) in [7, 11) is 0. The van der Waals surface area contributed by atoms with Gasteiger partial charge in [-0.2, -0.15) is 0 Å². The highest BCUT2D eigenvalue weighted by molar-refractivity contribution is 5.98. The summed E-state index contributed by atoms with van der Waals surface area (Å²) in [5.74, 6) is -4.21. The molecule has 0 fully saturated rings. The monoisotopic (exact) mass is 423 g/mol. The average molecular weight is 423 g/mol. The minimum atomic E-state index is -1.61. The van der Waals surface area contributed by atoms with Crippen molar-refractivity contribution in [2.45, 2.75) is 37.1 Å². The molecule has 12 heteroatoms. The quantitative estimate of drug-likeness (QED) is 0.278. The summed E-state index contributed by atoms with van der Waals surface area (Å²) >= 11 is 0. The lowest BCUT2D eigenvalue weighted by atomic mass is 9.90. The van der Waals surface area contributed by atoms with Crippen LogP contribution in [0.2, 0.25) is 0 Å². The predicted molar refractivity (Wildman–Crippen MR) is 97.8 cm³/mol. The number of urea groups is 1. The molecule has 1 aromatic carbocycles. The molecule has 0 bridgehead atoms. The predicted octanol–water partition coefficient (Wildman–Crippen LogP) is -2.52. The van der Waals surface area contributed by atoms with Gasteiger partial charge < -0.3 is 41.8 Å². The molecule has 11 nitrogen and oxygen atoms in total. The zero-order valence-corrected chi connectivity index (χ0v) is 15.5. The van der Waals surface area contributed by atoms with Crippen LogP contribution in [0.25, 0.3) is 0 Å². The molecule has 4 amide bonds. The second-order valence-corrected chi connectivity index (χ2v) is 6.59. The highest BCUT2D eigenvalue weighted by atomic mass is 19.1. The third-order valence-electron chi connectivity index (χ3n) is 4.26. The van der Waals surface area contributed by atoms with Gasteiger partial charge in [-0.15, -0.1) is 0 Å². The highest BCUT2D eigenvalue weighted by Gasteiger charge is 2.34. The van der Waals surface area contributed by atoms with Gasteiger partial charge in [0.2, 0.25) is 11.8 Å². The van der Waals surface area contributed by atoms with E-state index in [0.29, 0.717) is 0 Å². The molecule has 0 aromatic heterocycles. The Morgan fingerprint density at radius 1 is 1.27 bits per heavy atom. The average Bonchev–Trinajstić information content (AvgIpc) is 2.64. The Labute approximate surface area is 169 Å². The maximum Gasteiger partial charge on any atom is 0.319 e. The Kier molecular flexibility index (Phi) is 7.44. The van der Waals surface area contributed by atoms with Gasteiger partial charge in [0.1, 0.15) is 18.0 Å². The van der Waals surface area contributed by atoms with Crippen molar-refractivity contribution in [3.8, 4) is 0 Å². The summed E-state index contributed by atoms with van der Waals surface area (Å²) in [5.41, 5.74) is 5.06. The van der Waals surface area contributed by atoms with E-state index in [2.05, 4.69) is 16.0 Å². The number of anilines is 1. The maximum absolute atomic E-state index is 13.2. The number of aliphatic carboxylic acids is 1. The summed E-state index contributed by atoms with van der Waals surface area (Å²) in [4.78, 5) is 46.4. The van der Waals surface area contributed by atoms with Crippen molar-refractivity contribution in [2.75, 3.05) is 5.32 Å². The number of carboxylic acids is 1. The van der Waals surface area contributed by atoms with Crippen molar-refractivity contribution >= 4 is 29.5 Å². The Morgan fingerprint density at radius 3 is 2.57 bits per heavy atom. The second kappa shape index (κ2) is 9.80. The van der Waals surface area contributed by atoms with Crippen LogP contribution in [0.15, 0.2) is 35.9 Å². The SMILES string of the molecule is NC(=O)[C@@H](CC(=O)[O-])NC(=O)C1=C[C@@H](NC(=O)Nc2cccc(F)c2)[C@@H](O)[C@H](O)C1. The number of hydrogen-bond acceptors (Lipinski definition) is 7. The van der Waals surface area contributed by atoms with Crippen LogP contribution in [0.3, 0.4) is 0 Å².